The van der Waals surface area contributed by atoms with E-state index in [0.29, 0.717) is 0 Å². The van der Waals surface area contributed by atoms with E-state index < -0.39 is 11.9 Å². The van der Waals surface area contributed by atoms with E-state index in [4.69, 9.17) is 16.7 Å². The number of halogens is 1. The molecule has 1 heterocycles. The quantitative estimate of drug-likeness (QED) is 0.806. The lowest BCUT2D eigenvalue weighted by atomic mass is 10.1. The molecule has 1 aromatic carbocycles. The van der Waals surface area contributed by atoms with E-state index in [1.807, 2.05) is 0 Å². The van der Waals surface area contributed by atoms with Crippen molar-refractivity contribution >= 4 is 29.2 Å². The minimum Gasteiger partial charge on any atom is -0.505 e. The summed E-state index contributed by atoms with van der Waals surface area (Å²) in [7, 11) is 0. The number of aromatic nitrogens is 1. The smallest absolute Gasteiger partial charge is 0.337 e. The van der Waals surface area contributed by atoms with Crippen LogP contribution in [0.15, 0.2) is 36.5 Å². The number of carboxylic acid groups (broad SMARTS) is 1. The molecule has 1 aromatic heterocycles. The van der Waals surface area contributed by atoms with Crippen molar-refractivity contribution in [1.29, 1.82) is 0 Å². The first-order valence-corrected chi connectivity index (χ1v) is 5.85. The van der Waals surface area contributed by atoms with Crippen molar-refractivity contribution in [3.63, 3.8) is 0 Å². The van der Waals surface area contributed by atoms with E-state index in [0.717, 1.165) is 0 Å². The maximum Gasteiger partial charge on any atom is 0.337 e. The van der Waals surface area contributed by atoms with Gasteiger partial charge in [-0.2, -0.15) is 0 Å². The highest BCUT2D eigenvalue weighted by Crippen LogP contribution is 2.22. The minimum atomic E-state index is -1.23. The van der Waals surface area contributed by atoms with Gasteiger partial charge in [-0.1, -0.05) is 11.6 Å². The number of rotatable bonds is 3. The number of amides is 1. The molecule has 0 aliphatic heterocycles. The zero-order valence-corrected chi connectivity index (χ0v) is 10.8. The minimum absolute atomic E-state index is 0.0666. The number of nitrogens with one attached hydrogen (secondary N) is 1. The molecule has 0 aliphatic rings. The number of aromatic hydroxyl groups is 1. The summed E-state index contributed by atoms with van der Waals surface area (Å²) in [6.45, 7) is 0. The molecule has 0 atom stereocenters. The summed E-state index contributed by atoms with van der Waals surface area (Å²) in [5.41, 5.74) is -0.281. The Morgan fingerprint density at radius 2 is 2.00 bits per heavy atom. The Balaban J connectivity index is 2.33. The van der Waals surface area contributed by atoms with Gasteiger partial charge in [0.1, 0.15) is 5.75 Å². The second-order valence-corrected chi connectivity index (χ2v) is 4.26. The van der Waals surface area contributed by atoms with Gasteiger partial charge in [-0.05, 0) is 30.3 Å². The molecule has 2 rings (SSSR count). The number of benzene rings is 1. The summed E-state index contributed by atoms with van der Waals surface area (Å²) in [6, 6.07) is 6.81. The average molecular weight is 293 g/mol. The molecule has 0 fully saturated rings. The summed E-state index contributed by atoms with van der Waals surface area (Å²) in [5.74, 6) is -2.24. The highest BCUT2D eigenvalue weighted by molar-refractivity contribution is 6.31. The van der Waals surface area contributed by atoms with Gasteiger partial charge in [0, 0.05) is 11.2 Å². The van der Waals surface area contributed by atoms with Crippen molar-refractivity contribution in [2.45, 2.75) is 0 Å². The summed E-state index contributed by atoms with van der Waals surface area (Å²) in [5, 5.41) is 21.2. The predicted octanol–water partition coefficient (Wildman–Crippen LogP) is 2.39. The molecule has 1 amide bonds. The monoisotopic (exact) mass is 292 g/mol. The molecule has 0 aliphatic carbocycles. The van der Waals surface area contributed by atoms with Crippen LogP contribution in [0.5, 0.6) is 5.75 Å². The number of carbonyl (C=O) groups is 2. The fourth-order valence-corrected chi connectivity index (χ4v) is 1.73. The molecule has 0 saturated carbocycles. The topological polar surface area (TPSA) is 99.5 Å². The maximum atomic E-state index is 11.9. The van der Waals surface area contributed by atoms with Crippen LogP contribution in [0.2, 0.25) is 5.02 Å². The van der Waals surface area contributed by atoms with Crippen LogP contribution in [-0.4, -0.2) is 27.1 Å². The molecular formula is C13H9ClN2O4. The van der Waals surface area contributed by atoms with Gasteiger partial charge < -0.3 is 15.5 Å². The Hall–Kier alpha value is -2.60. The Morgan fingerprint density at radius 1 is 1.25 bits per heavy atom. The number of carbonyl (C=O) groups excluding carboxylic acids is 1. The van der Waals surface area contributed by atoms with Gasteiger partial charge in [0.05, 0.1) is 11.3 Å². The molecule has 7 heteroatoms. The first kappa shape index (κ1) is 13.8. The standard InChI is InChI=1S/C13H9ClN2O4/c14-7-3-4-9(8(6-7)13(19)20)16-12(18)11-10(17)2-1-5-15-11/h1-6,17H,(H,16,18)(H,19,20). The van der Waals surface area contributed by atoms with Crippen LogP contribution in [0, 0.1) is 0 Å². The number of pyridine rings is 1. The van der Waals surface area contributed by atoms with Crippen molar-refractivity contribution in [1.82, 2.24) is 4.98 Å². The SMILES string of the molecule is O=C(O)c1cc(Cl)ccc1NC(=O)c1ncccc1O. The summed E-state index contributed by atoms with van der Waals surface area (Å²) >= 11 is 5.71. The van der Waals surface area contributed by atoms with E-state index in [9.17, 15) is 14.7 Å². The molecule has 0 unspecified atom stereocenters. The van der Waals surface area contributed by atoms with Gasteiger partial charge in [0.2, 0.25) is 0 Å². The van der Waals surface area contributed by atoms with E-state index in [-0.39, 0.29) is 27.7 Å². The van der Waals surface area contributed by atoms with Crippen molar-refractivity contribution in [2.24, 2.45) is 0 Å². The number of hydrogen-bond acceptors (Lipinski definition) is 4. The molecular weight excluding hydrogens is 284 g/mol. The van der Waals surface area contributed by atoms with Gasteiger partial charge in [0.25, 0.3) is 5.91 Å². The lowest BCUT2D eigenvalue weighted by Crippen LogP contribution is -2.16. The highest BCUT2D eigenvalue weighted by Gasteiger charge is 2.17. The molecule has 20 heavy (non-hydrogen) atoms. The molecule has 0 radical (unpaired) electrons. The number of aromatic carboxylic acids is 1. The zero-order valence-electron chi connectivity index (χ0n) is 10.0. The molecule has 0 saturated heterocycles. The molecule has 0 bridgehead atoms. The Bertz CT molecular complexity index is 688. The number of anilines is 1. The highest BCUT2D eigenvalue weighted by atomic mass is 35.5. The van der Waals surface area contributed by atoms with E-state index in [1.165, 1.54) is 36.5 Å². The summed E-state index contributed by atoms with van der Waals surface area (Å²) in [4.78, 5) is 26.8. The van der Waals surface area contributed by atoms with Crippen LogP contribution in [0.1, 0.15) is 20.8 Å². The van der Waals surface area contributed by atoms with E-state index in [1.54, 1.807) is 0 Å². The molecule has 6 nitrogen and oxygen atoms in total. The fraction of sp³-hybridized carbons (Fsp3) is 0. The third-order valence-electron chi connectivity index (χ3n) is 2.46. The largest absolute Gasteiger partial charge is 0.505 e. The Morgan fingerprint density at radius 3 is 2.65 bits per heavy atom. The fourth-order valence-electron chi connectivity index (χ4n) is 1.56. The van der Waals surface area contributed by atoms with E-state index >= 15 is 0 Å². The molecule has 0 spiro atoms. The third kappa shape index (κ3) is 2.86. The van der Waals surface area contributed by atoms with Crippen LogP contribution >= 0.6 is 11.6 Å². The number of hydrogen-bond donors (Lipinski definition) is 3. The third-order valence-corrected chi connectivity index (χ3v) is 2.70. The second kappa shape index (κ2) is 5.58. The number of nitrogens with zero attached hydrogens (tertiary/aromatic N) is 1. The molecule has 3 N–H and O–H groups in total. The predicted molar refractivity (Wildman–Crippen MR) is 72.3 cm³/mol. The van der Waals surface area contributed by atoms with Crippen LogP contribution < -0.4 is 5.32 Å². The van der Waals surface area contributed by atoms with Gasteiger partial charge in [0.15, 0.2) is 5.69 Å². The first-order chi connectivity index (χ1) is 9.49. The zero-order chi connectivity index (χ0) is 14.7. The van der Waals surface area contributed by atoms with Crippen LogP contribution in [-0.2, 0) is 0 Å². The van der Waals surface area contributed by atoms with Gasteiger partial charge in [-0.3, -0.25) is 4.79 Å². The molecule has 2 aromatic rings. The summed E-state index contributed by atoms with van der Waals surface area (Å²) < 4.78 is 0. The normalized spacial score (nSPS) is 10.1. The lowest BCUT2D eigenvalue weighted by molar-refractivity contribution is 0.0698. The molecule has 102 valence electrons. The second-order valence-electron chi connectivity index (χ2n) is 3.82. The van der Waals surface area contributed by atoms with Gasteiger partial charge in [-0.25, -0.2) is 9.78 Å². The van der Waals surface area contributed by atoms with Gasteiger partial charge >= 0.3 is 5.97 Å². The Kier molecular flexibility index (Phi) is 3.86. The maximum absolute atomic E-state index is 11.9. The van der Waals surface area contributed by atoms with Crippen molar-refractivity contribution in [2.75, 3.05) is 5.32 Å². The van der Waals surface area contributed by atoms with Crippen molar-refractivity contribution in [3.8, 4) is 5.75 Å². The van der Waals surface area contributed by atoms with E-state index in [2.05, 4.69) is 10.3 Å². The van der Waals surface area contributed by atoms with Gasteiger partial charge in [-0.15, -0.1) is 0 Å². The lowest BCUT2D eigenvalue weighted by Gasteiger charge is -2.09. The number of carboxylic acids is 1. The summed E-state index contributed by atoms with van der Waals surface area (Å²) in [6.07, 6.45) is 1.34. The van der Waals surface area contributed by atoms with Crippen molar-refractivity contribution in [3.05, 3.63) is 52.8 Å². The van der Waals surface area contributed by atoms with Crippen LogP contribution in [0.4, 0.5) is 5.69 Å². The first-order valence-electron chi connectivity index (χ1n) is 5.47. The van der Waals surface area contributed by atoms with Crippen LogP contribution in [0.25, 0.3) is 0 Å². The van der Waals surface area contributed by atoms with Crippen LogP contribution in [0.3, 0.4) is 0 Å². The Labute approximate surface area is 118 Å². The average Bonchev–Trinajstić information content (AvgIpc) is 2.41. The van der Waals surface area contributed by atoms with Crippen molar-refractivity contribution < 1.29 is 19.8 Å².